The van der Waals surface area contributed by atoms with Gasteiger partial charge in [0.1, 0.15) is 5.75 Å². The van der Waals surface area contributed by atoms with Crippen molar-refractivity contribution < 1.29 is 49.8 Å². The number of hydrogen-bond donors (Lipinski definition) is 0. The highest BCUT2D eigenvalue weighted by Gasteiger charge is 2.77. The Morgan fingerprint density at radius 1 is 0.913 bits per heavy atom. The third-order valence-electron chi connectivity index (χ3n) is 2.52. The van der Waals surface area contributed by atoms with Crippen molar-refractivity contribution in [2.24, 2.45) is 0 Å². The minimum Gasteiger partial charge on any atom is -0.497 e. The first-order valence-corrected chi connectivity index (χ1v) is 5.57. The molecule has 1 rings (SSSR count). The fraction of sp³-hybridized carbons (Fsp3) is 0.333. The molecule has 1 aromatic rings. The number of benzene rings is 1. The Morgan fingerprint density at radius 2 is 1.39 bits per heavy atom. The molecule has 0 aliphatic carbocycles. The van der Waals surface area contributed by atoms with Gasteiger partial charge in [0, 0.05) is 0 Å². The number of ether oxygens (including phenoxy) is 2. The molecule has 11 heteroatoms. The first-order valence-electron chi connectivity index (χ1n) is 5.57. The summed E-state index contributed by atoms with van der Waals surface area (Å²) in [4.78, 5) is 22.2. The quantitative estimate of drug-likeness (QED) is 0.476. The molecule has 1 aromatic carbocycles. The summed E-state index contributed by atoms with van der Waals surface area (Å²) in [5.41, 5.74) is -0.537. The fourth-order valence-electron chi connectivity index (χ4n) is 1.24. The highest BCUT2D eigenvalue weighted by molar-refractivity contribution is 5.99. The molecule has 0 aromatic heterocycles. The summed E-state index contributed by atoms with van der Waals surface area (Å²) in [6.45, 7) is 0. The topological polar surface area (TPSA) is 52.6 Å². The average molecular weight is 348 g/mol. The molecule has 0 saturated heterocycles. The van der Waals surface area contributed by atoms with Crippen LogP contribution in [0.1, 0.15) is 10.4 Å². The lowest BCUT2D eigenvalue weighted by Crippen LogP contribution is -2.57. The molecule has 128 valence electrons. The minimum absolute atomic E-state index is 0.224. The maximum Gasteiger partial charge on any atom is 0.460 e. The van der Waals surface area contributed by atoms with Crippen LogP contribution in [0, 0.1) is 0 Å². The minimum atomic E-state index is -6.71. The lowest BCUT2D eigenvalue weighted by Gasteiger charge is -2.25. The molecule has 0 heterocycles. The van der Waals surface area contributed by atoms with Crippen molar-refractivity contribution in [3.05, 3.63) is 29.8 Å². The van der Waals surface area contributed by atoms with E-state index in [1.54, 1.807) is 0 Å². The first kappa shape index (κ1) is 18.7. The van der Waals surface area contributed by atoms with E-state index in [-0.39, 0.29) is 5.75 Å². The summed E-state index contributed by atoms with van der Waals surface area (Å²) in [5, 5.41) is 0. The van der Waals surface area contributed by atoms with Gasteiger partial charge in [-0.25, -0.2) is 9.59 Å². The van der Waals surface area contributed by atoms with E-state index in [1.807, 2.05) is 0 Å². The smallest absolute Gasteiger partial charge is 0.460 e. The third-order valence-corrected chi connectivity index (χ3v) is 2.52. The van der Waals surface area contributed by atoms with Crippen molar-refractivity contribution in [2.45, 2.75) is 18.0 Å². The molecule has 0 aliphatic heterocycles. The number of alkyl halides is 7. The normalized spacial score (nSPS) is 12.7. The second-order valence-electron chi connectivity index (χ2n) is 4.05. The number of halogens is 7. The molecule has 0 bridgehead atoms. The van der Waals surface area contributed by atoms with Gasteiger partial charge in [0.2, 0.25) is 0 Å². The summed E-state index contributed by atoms with van der Waals surface area (Å²) in [6.07, 6.45) is -6.71. The number of carbonyl (C=O) groups is 2. The predicted octanol–water partition coefficient (Wildman–Crippen LogP) is 3.21. The Balaban J connectivity index is 2.95. The van der Waals surface area contributed by atoms with E-state index in [2.05, 4.69) is 4.74 Å². The summed E-state index contributed by atoms with van der Waals surface area (Å²) in [5.74, 6) is -17.9. The Morgan fingerprint density at radius 3 is 1.78 bits per heavy atom. The summed E-state index contributed by atoms with van der Waals surface area (Å²) in [6, 6.07) is 4.13. The van der Waals surface area contributed by atoms with Crippen LogP contribution in [-0.2, 0) is 9.53 Å². The zero-order chi connectivity index (χ0) is 18.1. The lowest BCUT2D eigenvalue weighted by atomic mass is 10.1. The van der Waals surface area contributed by atoms with Gasteiger partial charge in [-0.05, 0) is 24.3 Å². The van der Waals surface area contributed by atoms with Crippen LogP contribution >= 0.6 is 0 Å². The molecule has 0 N–H and O–H groups in total. The largest absolute Gasteiger partial charge is 0.497 e. The maximum atomic E-state index is 13.0. The highest BCUT2D eigenvalue weighted by atomic mass is 19.4. The summed E-state index contributed by atoms with van der Waals surface area (Å²) >= 11 is 0. The molecular weight excluding hydrogens is 341 g/mol. The molecule has 0 amide bonds. The van der Waals surface area contributed by atoms with Crippen molar-refractivity contribution in [3.8, 4) is 5.75 Å². The summed E-state index contributed by atoms with van der Waals surface area (Å²) < 4.78 is 95.0. The average Bonchev–Trinajstić information content (AvgIpc) is 2.45. The van der Waals surface area contributed by atoms with E-state index in [9.17, 15) is 40.3 Å². The zero-order valence-corrected chi connectivity index (χ0v) is 11.1. The number of hydrogen-bond acceptors (Lipinski definition) is 4. The van der Waals surface area contributed by atoms with Crippen LogP contribution in [0.15, 0.2) is 24.3 Å². The van der Waals surface area contributed by atoms with Gasteiger partial charge in [0.05, 0.1) is 12.7 Å². The third kappa shape index (κ3) is 3.54. The highest BCUT2D eigenvalue weighted by Crippen LogP contribution is 2.47. The molecule has 0 saturated carbocycles. The van der Waals surface area contributed by atoms with Crippen LogP contribution in [0.25, 0.3) is 0 Å². The Hall–Kier alpha value is -2.33. The van der Waals surface area contributed by atoms with E-state index in [4.69, 9.17) is 4.74 Å². The standard InChI is InChI=1S/C12H7F7O4/c1-22-7-4-2-6(3-5-7)8(20)23-9(21)10(13,14)11(15,16)12(17,18)19/h2-5H,1H3. The molecule has 0 spiro atoms. The van der Waals surface area contributed by atoms with E-state index < -0.39 is 35.5 Å². The van der Waals surface area contributed by atoms with E-state index in [0.717, 1.165) is 24.3 Å². The number of esters is 2. The number of rotatable bonds is 4. The number of carbonyl (C=O) groups excluding carboxylic acids is 2. The van der Waals surface area contributed by atoms with Crippen LogP contribution in [0.5, 0.6) is 5.75 Å². The molecule has 0 aliphatic rings. The Labute approximate surface area is 123 Å². The Bertz CT molecular complexity index is 592. The second kappa shape index (κ2) is 6.05. The fourth-order valence-corrected chi connectivity index (χ4v) is 1.24. The molecular formula is C12H7F7O4. The SMILES string of the molecule is COc1ccc(C(=O)OC(=O)C(F)(F)C(F)(F)C(F)(F)F)cc1. The van der Waals surface area contributed by atoms with Crippen LogP contribution in [0.4, 0.5) is 30.7 Å². The molecule has 0 atom stereocenters. The van der Waals surface area contributed by atoms with Crippen molar-refractivity contribution in [2.75, 3.05) is 7.11 Å². The summed E-state index contributed by atoms with van der Waals surface area (Å²) in [7, 11) is 1.26. The van der Waals surface area contributed by atoms with Crippen molar-refractivity contribution in [3.63, 3.8) is 0 Å². The lowest BCUT2D eigenvalue weighted by molar-refractivity contribution is -0.347. The van der Waals surface area contributed by atoms with Crippen LogP contribution in [0.2, 0.25) is 0 Å². The number of methoxy groups -OCH3 is 1. The van der Waals surface area contributed by atoms with Gasteiger partial charge in [-0.1, -0.05) is 0 Å². The predicted molar refractivity (Wildman–Crippen MR) is 59.4 cm³/mol. The van der Waals surface area contributed by atoms with Crippen LogP contribution in [0.3, 0.4) is 0 Å². The molecule has 0 radical (unpaired) electrons. The van der Waals surface area contributed by atoms with Crippen molar-refractivity contribution in [1.29, 1.82) is 0 Å². The van der Waals surface area contributed by atoms with Gasteiger partial charge >= 0.3 is 30.0 Å². The van der Waals surface area contributed by atoms with E-state index in [1.165, 1.54) is 7.11 Å². The van der Waals surface area contributed by atoms with Gasteiger partial charge < -0.3 is 9.47 Å². The van der Waals surface area contributed by atoms with Gasteiger partial charge in [-0.2, -0.15) is 30.7 Å². The van der Waals surface area contributed by atoms with Gasteiger partial charge in [-0.3, -0.25) is 0 Å². The Kier molecular flexibility index (Phi) is 4.92. The zero-order valence-electron chi connectivity index (χ0n) is 11.1. The molecule has 0 unspecified atom stereocenters. The van der Waals surface area contributed by atoms with Crippen LogP contribution < -0.4 is 4.74 Å². The molecule has 23 heavy (non-hydrogen) atoms. The molecule has 0 fully saturated rings. The molecule has 4 nitrogen and oxygen atoms in total. The van der Waals surface area contributed by atoms with E-state index in [0.29, 0.717) is 0 Å². The monoisotopic (exact) mass is 348 g/mol. The van der Waals surface area contributed by atoms with Crippen LogP contribution in [-0.4, -0.2) is 37.1 Å². The first-order chi connectivity index (χ1) is 10.3. The van der Waals surface area contributed by atoms with Gasteiger partial charge in [0.15, 0.2) is 0 Å². The second-order valence-corrected chi connectivity index (χ2v) is 4.05. The van der Waals surface area contributed by atoms with E-state index >= 15 is 0 Å². The van der Waals surface area contributed by atoms with Gasteiger partial charge in [0.25, 0.3) is 0 Å². The van der Waals surface area contributed by atoms with Gasteiger partial charge in [-0.15, -0.1) is 0 Å². The van der Waals surface area contributed by atoms with Crippen molar-refractivity contribution >= 4 is 11.9 Å². The maximum absolute atomic E-state index is 13.0. The van der Waals surface area contributed by atoms with Crippen molar-refractivity contribution in [1.82, 2.24) is 0 Å².